The zero-order chi connectivity index (χ0) is 15.9. The van der Waals surface area contributed by atoms with Gasteiger partial charge in [0.05, 0.1) is 13.7 Å². The molecule has 1 amide bonds. The molecule has 2 rings (SSSR count). The van der Waals surface area contributed by atoms with Crippen molar-refractivity contribution < 1.29 is 14.3 Å². The molecule has 5 nitrogen and oxygen atoms in total. The van der Waals surface area contributed by atoms with E-state index < -0.39 is 0 Å². The Morgan fingerprint density at radius 2 is 1.77 bits per heavy atom. The van der Waals surface area contributed by atoms with Gasteiger partial charge in [0.1, 0.15) is 5.75 Å². The molecule has 0 aliphatic heterocycles. The molecule has 2 aromatic carbocycles. The van der Waals surface area contributed by atoms with Gasteiger partial charge in [-0.2, -0.15) is 0 Å². The number of hydrogen-bond donors (Lipinski definition) is 2. The number of amides is 1. The van der Waals surface area contributed by atoms with Gasteiger partial charge in [0.2, 0.25) is 5.91 Å². The number of Topliss-reactive ketones (excluding diaryl/α,β-unsaturated/α-hetero) is 1. The molecule has 0 heterocycles. The summed E-state index contributed by atoms with van der Waals surface area (Å²) in [4.78, 5) is 23.1. The van der Waals surface area contributed by atoms with Gasteiger partial charge < -0.3 is 15.4 Å². The van der Waals surface area contributed by atoms with Crippen LogP contribution in [0.3, 0.4) is 0 Å². The van der Waals surface area contributed by atoms with Crippen molar-refractivity contribution in [3.8, 4) is 5.75 Å². The van der Waals surface area contributed by atoms with E-state index in [1.54, 1.807) is 43.5 Å². The van der Waals surface area contributed by atoms with E-state index in [1.807, 2.05) is 12.1 Å². The van der Waals surface area contributed by atoms with Crippen LogP contribution in [0.2, 0.25) is 0 Å². The maximum atomic E-state index is 11.9. The van der Waals surface area contributed by atoms with Gasteiger partial charge in [-0.05, 0) is 43.3 Å². The topological polar surface area (TPSA) is 67.4 Å². The van der Waals surface area contributed by atoms with E-state index in [0.29, 0.717) is 17.0 Å². The fraction of sp³-hybridized carbons (Fsp3) is 0.176. The molecule has 0 aromatic heterocycles. The Morgan fingerprint density at radius 1 is 1.05 bits per heavy atom. The Morgan fingerprint density at radius 3 is 2.41 bits per heavy atom. The van der Waals surface area contributed by atoms with E-state index in [1.165, 1.54) is 6.92 Å². The van der Waals surface area contributed by atoms with Crippen LogP contribution in [0.1, 0.15) is 17.3 Å². The summed E-state index contributed by atoms with van der Waals surface area (Å²) in [7, 11) is 1.58. The van der Waals surface area contributed by atoms with E-state index in [0.717, 1.165) is 5.69 Å². The third kappa shape index (κ3) is 4.34. The second-order valence-electron chi connectivity index (χ2n) is 4.77. The number of ketones is 1. The second kappa shape index (κ2) is 7.26. The predicted octanol–water partition coefficient (Wildman–Crippen LogP) is 2.95. The van der Waals surface area contributed by atoms with Gasteiger partial charge in [0.25, 0.3) is 0 Å². The predicted molar refractivity (Wildman–Crippen MR) is 86.6 cm³/mol. The smallest absolute Gasteiger partial charge is 0.243 e. The largest absolute Gasteiger partial charge is 0.497 e. The first kappa shape index (κ1) is 15.6. The SMILES string of the molecule is COc1cccc(NC(=O)CNc2ccc(C(C)=O)cc2)c1. The molecule has 5 heteroatoms. The highest BCUT2D eigenvalue weighted by Gasteiger charge is 2.04. The van der Waals surface area contributed by atoms with Gasteiger partial charge in [-0.1, -0.05) is 6.07 Å². The lowest BCUT2D eigenvalue weighted by Crippen LogP contribution is -2.21. The highest BCUT2D eigenvalue weighted by atomic mass is 16.5. The molecular weight excluding hydrogens is 280 g/mol. The van der Waals surface area contributed by atoms with Crippen molar-refractivity contribution in [2.75, 3.05) is 24.3 Å². The molecule has 0 aliphatic carbocycles. The summed E-state index contributed by atoms with van der Waals surface area (Å²) in [6, 6.07) is 14.2. The fourth-order valence-electron chi connectivity index (χ4n) is 1.91. The minimum absolute atomic E-state index is 0.0160. The summed E-state index contributed by atoms with van der Waals surface area (Å²) in [6.07, 6.45) is 0. The van der Waals surface area contributed by atoms with E-state index >= 15 is 0 Å². The maximum Gasteiger partial charge on any atom is 0.243 e. The molecule has 0 bridgehead atoms. The van der Waals surface area contributed by atoms with Crippen LogP contribution in [0.15, 0.2) is 48.5 Å². The molecule has 0 aliphatic rings. The van der Waals surface area contributed by atoms with Gasteiger partial charge in [-0.3, -0.25) is 9.59 Å². The minimum Gasteiger partial charge on any atom is -0.497 e. The first-order valence-corrected chi connectivity index (χ1v) is 6.87. The quantitative estimate of drug-likeness (QED) is 0.805. The molecule has 114 valence electrons. The van der Waals surface area contributed by atoms with Gasteiger partial charge in [-0.25, -0.2) is 0 Å². The van der Waals surface area contributed by atoms with Crippen LogP contribution >= 0.6 is 0 Å². The van der Waals surface area contributed by atoms with Crippen LogP contribution in [0, 0.1) is 0 Å². The fourth-order valence-corrected chi connectivity index (χ4v) is 1.91. The second-order valence-corrected chi connectivity index (χ2v) is 4.77. The summed E-state index contributed by atoms with van der Waals surface area (Å²) >= 11 is 0. The van der Waals surface area contributed by atoms with Crippen LogP contribution in [0.5, 0.6) is 5.75 Å². The van der Waals surface area contributed by atoms with E-state index in [9.17, 15) is 9.59 Å². The van der Waals surface area contributed by atoms with Crippen LogP contribution in [-0.2, 0) is 4.79 Å². The zero-order valence-corrected chi connectivity index (χ0v) is 12.6. The first-order valence-electron chi connectivity index (χ1n) is 6.87. The van der Waals surface area contributed by atoms with Crippen LogP contribution in [0.25, 0.3) is 0 Å². The number of nitrogens with one attached hydrogen (secondary N) is 2. The number of anilines is 2. The molecule has 2 aromatic rings. The Balaban J connectivity index is 1.88. The van der Waals surface area contributed by atoms with E-state index in [-0.39, 0.29) is 18.2 Å². The average Bonchev–Trinajstić information content (AvgIpc) is 2.53. The Kier molecular flexibility index (Phi) is 5.14. The lowest BCUT2D eigenvalue weighted by Gasteiger charge is -2.09. The van der Waals surface area contributed by atoms with Gasteiger partial charge in [0.15, 0.2) is 5.78 Å². The number of ether oxygens (including phenoxy) is 1. The highest BCUT2D eigenvalue weighted by Crippen LogP contribution is 2.16. The van der Waals surface area contributed by atoms with E-state index in [4.69, 9.17) is 4.74 Å². The average molecular weight is 298 g/mol. The summed E-state index contributed by atoms with van der Waals surface area (Å²) in [5.41, 5.74) is 2.11. The molecule has 0 saturated carbocycles. The number of rotatable bonds is 6. The van der Waals surface area contributed by atoms with Crippen LogP contribution in [-0.4, -0.2) is 25.3 Å². The van der Waals surface area contributed by atoms with Gasteiger partial charge in [0, 0.05) is 23.0 Å². The molecule has 0 saturated heterocycles. The molecular formula is C17H18N2O3. The van der Waals surface area contributed by atoms with Gasteiger partial charge >= 0.3 is 0 Å². The molecule has 0 atom stereocenters. The Labute approximate surface area is 129 Å². The molecule has 0 spiro atoms. The van der Waals surface area contributed by atoms with Crippen molar-refractivity contribution >= 4 is 23.1 Å². The molecule has 0 fully saturated rings. The molecule has 0 unspecified atom stereocenters. The van der Waals surface area contributed by atoms with Crippen LogP contribution in [0.4, 0.5) is 11.4 Å². The standard InChI is InChI=1S/C17H18N2O3/c1-12(20)13-6-8-14(9-7-13)18-11-17(21)19-15-4-3-5-16(10-15)22-2/h3-10,18H,11H2,1-2H3,(H,19,21). The summed E-state index contributed by atoms with van der Waals surface area (Å²) in [5.74, 6) is 0.539. The highest BCUT2D eigenvalue weighted by molar-refractivity contribution is 5.95. The third-order valence-electron chi connectivity index (χ3n) is 3.10. The van der Waals surface area contributed by atoms with E-state index in [2.05, 4.69) is 10.6 Å². The van der Waals surface area contributed by atoms with Gasteiger partial charge in [-0.15, -0.1) is 0 Å². The number of methoxy groups -OCH3 is 1. The van der Waals surface area contributed by atoms with Crippen molar-refractivity contribution in [1.29, 1.82) is 0 Å². The zero-order valence-electron chi connectivity index (χ0n) is 12.6. The van der Waals surface area contributed by atoms with Crippen LogP contribution < -0.4 is 15.4 Å². The summed E-state index contributed by atoms with van der Waals surface area (Å²) in [6.45, 7) is 1.65. The maximum absolute atomic E-state index is 11.9. The number of hydrogen-bond acceptors (Lipinski definition) is 4. The number of carbonyl (C=O) groups is 2. The number of carbonyl (C=O) groups excluding carboxylic acids is 2. The number of benzene rings is 2. The Bertz CT molecular complexity index is 666. The van der Waals surface area contributed by atoms with Crippen molar-refractivity contribution in [2.45, 2.75) is 6.92 Å². The molecule has 0 radical (unpaired) electrons. The Hall–Kier alpha value is -2.82. The lowest BCUT2D eigenvalue weighted by molar-refractivity contribution is -0.114. The van der Waals surface area contributed by atoms with Crippen molar-refractivity contribution in [2.24, 2.45) is 0 Å². The summed E-state index contributed by atoms with van der Waals surface area (Å²) in [5, 5.41) is 5.79. The first-order chi connectivity index (χ1) is 10.6. The third-order valence-corrected chi connectivity index (χ3v) is 3.10. The monoisotopic (exact) mass is 298 g/mol. The van der Waals surface area contributed by atoms with Crippen molar-refractivity contribution in [3.63, 3.8) is 0 Å². The van der Waals surface area contributed by atoms with Crippen molar-refractivity contribution in [1.82, 2.24) is 0 Å². The summed E-state index contributed by atoms with van der Waals surface area (Å²) < 4.78 is 5.10. The molecule has 2 N–H and O–H groups in total. The normalized spacial score (nSPS) is 9.91. The minimum atomic E-state index is -0.163. The lowest BCUT2D eigenvalue weighted by atomic mass is 10.1. The molecule has 22 heavy (non-hydrogen) atoms. The van der Waals surface area contributed by atoms with Crippen molar-refractivity contribution in [3.05, 3.63) is 54.1 Å².